The lowest BCUT2D eigenvalue weighted by Crippen LogP contribution is -2.07. The summed E-state index contributed by atoms with van der Waals surface area (Å²) in [7, 11) is -4.12. The van der Waals surface area contributed by atoms with Gasteiger partial charge in [0.15, 0.2) is 0 Å². The zero-order chi connectivity index (χ0) is 15.0. The highest BCUT2D eigenvalue weighted by Gasteiger charge is 2.17. The summed E-state index contributed by atoms with van der Waals surface area (Å²) in [5.74, 6) is 0. The first-order valence-electron chi connectivity index (χ1n) is 7.59. The average molecular weight is 298 g/mol. The first-order valence-corrected chi connectivity index (χ1v) is 9.03. The molecule has 0 aliphatic heterocycles. The van der Waals surface area contributed by atoms with Crippen molar-refractivity contribution in [2.45, 2.75) is 70.1 Å². The lowest BCUT2D eigenvalue weighted by Gasteiger charge is -2.13. The number of aryl methyl sites for hydroxylation is 1. The molecule has 1 rings (SSSR count). The van der Waals surface area contributed by atoms with Crippen LogP contribution in [-0.2, 0) is 23.0 Å². The van der Waals surface area contributed by atoms with Crippen molar-refractivity contribution >= 4 is 10.1 Å². The highest BCUT2D eigenvalue weighted by molar-refractivity contribution is 7.85. The van der Waals surface area contributed by atoms with Crippen LogP contribution in [0.2, 0.25) is 0 Å². The Balaban J connectivity index is 3.02. The van der Waals surface area contributed by atoms with E-state index in [4.69, 9.17) is 0 Å². The summed E-state index contributed by atoms with van der Waals surface area (Å²) in [6, 6.07) is 5.24. The molecule has 1 aromatic rings. The molecule has 20 heavy (non-hydrogen) atoms. The highest BCUT2D eigenvalue weighted by atomic mass is 32.2. The lowest BCUT2D eigenvalue weighted by molar-refractivity contribution is 0.481. The topological polar surface area (TPSA) is 54.4 Å². The van der Waals surface area contributed by atoms with Crippen LogP contribution in [-0.4, -0.2) is 13.0 Å². The Morgan fingerprint density at radius 2 is 1.55 bits per heavy atom. The number of hydrogen-bond acceptors (Lipinski definition) is 2. The molecule has 0 aliphatic rings. The highest BCUT2D eigenvalue weighted by Crippen LogP contribution is 2.24. The van der Waals surface area contributed by atoms with E-state index in [-0.39, 0.29) is 4.90 Å². The van der Waals surface area contributed by atoms with Crippen LogP contribution in [0.4, 0.5) is 0 Å². The van der Waals surface area contributed by atoms with Crippen LogP contribution in [0.25, 0.3) is 0 Å². The summed E-state index contributed by atoms with van der Waals surface area (Å²) in [5, 5.41) is 0. The second kappa shape index (κ2) is 8.42. The van der Waals surface area contributed by atoms with Crippen LogP contribution >= 0.6 is 0 Å². The first-order chi connectivity index (χ1) is 9.50. The molecule has 0 saturated heterocycles. The Labute approximate surface area is 123 Å². The molecular formula is C16H26O3S. The Morgan fingerprint density at radius 3 is 2.10 bits per heavy atom. The Bertz CT molecular complexity index is 506. The summed E-state index contributed by atoms with van der Waals surface area (Å²) in [6.45, 7) is 4.27. The third kappa shape index (κ3) is 5.25. The monoisotopic (exact) mass is 298 g/mol. The maximum absolute atomic E-state index is 11.5. The van der Waals surface area contributed by atoms with E-state index in [1.54, 1.807) is 6.07 Å². The first kappa shape index (κ1) is 17.2. The van der Waals surface area contributed by atoms with Crippen molar-refractivity contribution < 1.29 is 13.0 Å². The molecule has 0 aromatic heterocycles. The SMILES string of the molecule is CCCCCc1cccc(S(=O)(=O)O)c1CCCCC. The Morgan fingerprint density at radius 1 is 0.950 bits per heavy atom. The summed E-state index contributed by atoms with van der Waals surface area (Å²) in [5.41, 5.74) is 1.89. The van der Waals surface area contributed by atoms with E-state index in [0.717, 1.165) is 62.5 Å². The van der Waals surface area contributed by atoms with Gasteiger partial charge in [-0.2, -0.15) is 8.42 Å². The molecule has 0 unspecified atom stereocenters. The number of hydrogen-bond donors (Lipinski definition) is 1. The van der Waals surface area contributed by atoms with Crippen molar-refractivity contribution in [3.8, 4) is 0 Å². The molecule has 0 fully saturated rings. The summed E-state index contributed by atoms with van der Waals surface area (Å²) < 4.78 is 32.4. The summed E-state index contributed by atoms with van der Waals surface area (Å²) in [4.78, 5) is 0.0996. The van der Waals surface area contributed by atoms with Gasteiger partial charge in [0.1, 0.15) is 0 Å². The minimum absolute atomic E-state index is 0.0996. The second-order valence-corrected chi connectivity index (χ2v) is 6.67. The van der Waals surface area contributed by atoms with Crippen molar-refractivity contribution in [2.75, 3.05) is 0 Å². The van der Waals surface area contributed by atoms with E-state index in [1.165, 1.54) is 6.07 Å². The second-order valence-electron chi connectivity index (χ2n) is 5.28. The van der Waals surface area contributed by atoms with Crippen LogP contribution in [0.15, 0.2) is 23.1 Å². The fourth-order valence-electron chi connectivity index (χ4n) is 2.49. The predicted octanol–water partition coefficient (Wildman–Crippen LogP) is 4.40. The normalized spacial score (nSPS) is 11.8. The molecular weight excluding hydrogens is 272 g/mol. The molecule has 0 radical (unpaired) electrons. The van der Waals surface area contributed by atoms with Crippen molar-refractivity contribution in [2.24, 2.45) is 0 Å². The molecule has 0 bridgehead atoms. The smallest absolute Gasteiger partial charge is 0.282 e. The Kier molecular flexibility index (Phi) is 7.24. The van der Waals surface area contributed by atoms with Gasteiger partial charge in [-0.3, -0.25) is 4.55 Å². The van der Waals surface area contributed by atoms with Gasteiger partial charge in [0, 0.05) is 0 Å². The molecule has 0 spiro atoms. The van der Waals surface area contributed by atoms with Crippen LogP contribution in [0.3, 0.4) is 0 Å². The van der Waals surface area contributed by atoms with Crippen molar-refractivity contribution in [1.29, 1.82) is 0 Å². The molecule has 1 aromatic carbocycles. The van der Waals surface area contributed by atoms with Crippen molar-refractivity contribution in [3.63, 3.8) is 0 Å². The summed E-state index contributed by atoms with van der Waals surface area (Å²) >= 11 is 0. The number of benzene rings is 1. The van der Waals surface area contributed by atoms with Crippen molar-refractivity contribution in [1.82, 2.24) is 0 Å². The van der Waals surface area contributed by atoms with Crippen LogP contribution in [0, 0.1) is 0 Å². The van der Waals surface area contributed by atoms with Gasteiger partial charge in [0.05, 0.1) is 4.90 Å². The van der Waals surface area contributed by atoms with E-state index in [1.807, 2.05) is 6.07 Å². The van der Waals surface area contributed by atoms with Gasteiger partial charge in [-0.05, 0) is 42.9 Å². The van der Waals surface area contributed by atoms with Crippen LogP contribution < -0.4 is 0 Å². The molecule has 1 N–H and O–H groups in total. The molecule has 0 atom stereocenters. The zero-order valence-corrected chi connectivity index (χ0v) is 13.4. The maximum atomic E-state index is 11.5. The third-order valence-corrected chi connectivity index (χ3v) is 4.53. The number of rotatable bonds is 9. The molecule has 4 heteroatoms. The fourth-order valence-corrected chi connectivity index (χ4v) is 3.28. The number of unbranched alkanes of at least 4 members (excludes halogenated alkanes) is 4. The van der Waals surface area contributed by atoms with Gasteiger partial charge < -0.3 is 0 Å². The third-order valence-electron chi connectivity index (χ3n) is 3.59. The minimum Gasteiger partial charge on any atom is -0.282 e. The minimum atomic E-state index is -4.12. The largest absolute Gasteiger partial charge is 0.294 e. The van der Waals surface area contributed by atoms with Gasteiger partial charge >= 0.3 is 0 Å². The predicted molar refractivity (Wildman–Crippen MR) is 82.7 cm³/mol. The molecule has 3 nitrogen and oxygen atoms in total. The van der Waals surface area contributed by atoms with E-state index in [2.05, 4.69) is 13.8 Å². The molecule has 0 aliphatic carbocycles. The van der Waals surface area contributed by atoms with Crippen LogP contribution in [0.1, 0.15) is 63.5 Å². The average Bonchev–Trinajstić information content (AvgIpc) is 2.39. The van der Waals surface area contributed by atoms with Gasteiger partial charge in [0.25, 0.3) is 10.1 Å². The quantitative estimate of drug-likeness (QED) is 0.543. The standard InChI is InChI=1S/C16H26O3S/c1-3-5-7-10-14-11-9-13-16(20(17,18)19)15(14)12-8-6-4-2/h9,11,13H,3-8,10,12H2,1-2H3,(H,17,18,19). The van der Waals surface area contributed by atoms with Gasteiger partial charge in [-0.1, -0.05) is 51.7 Å². The van der Waals surface area contributed by atoms with E-state index >= 15 is 0 Å². The molecule has 0 saturated carbocycles. The molecule has 0 amide bonds. The Hall–Kier alpha value is -0.870. The van der Waals surface area contributed by atoms with E-state index < -0.39 is 10.1 Å². The van der Waals surface area contributed by atoms with Gasteiger partial charge in [-0.25, -0.2) is 0 Å². The maximum Gasteiger partial charge on any atom is 0.294 e. The molecule has 114 valence electrons. The van der Waals surface area contributed by atoms with Crippen LogP contribution in [0.5, 0.6) is 0 Å². The van der Waals surface area contributed by atoms with Gasteiger partial charge in [-0.15, -0.1) is 0 Å². The summed E-state index contributed by atoms with van der Waals surface area (Å²) in [6.07, 6.45) is 8.10. The van der Waals surface area contributed by atoms with E-state index in [0.29, 0.717) is 0 Å². The van der Waals surface area contributed by atoms with Gasteiger partial charge in [0.2, 0.25) is 0 Å². The zero-order valence-electron chi connectivity index (χ0n) is 12.6. The van der Waals surface area contributed by atoms with Crippen molar-refractivity contribution in [3.05, 3.63) is 29.3 Å². The lowest BCUT2D eigenvalue weighted by atomic mass is 9.97. The fraction of sp³-hybridized carbons (Fsp3) is 0.625. The molecule has 0 heterocycles. The van der Waals surface area contributed by atoms with E-state index in [9.17, 15) is 13.0 Å².